The van der Waals surface area contributed by atoms with Crippen molar-refractivity contribution in [3.63, 3.8) is 0 Å². The molecule has 0 saturated carbocycles. The standard InChI is InChI=1S/C15H27NO2/c1-12(2)6-5-9-17-11-15-8-7-14(18-15)10-16-13(3)4/h7-8,12-13,16H,5-6,9-11H2,1-4H3. The van der Waals surface area contributed by atoms with Crippen molar-refractivity contribution >= 4 is 0 Å². The number of rotatable bonds is 9. The molecule has 1 heterocycles. The smallest absolute Gasteiger partial charge is 0.129 e. The van der Waals surface area contributed by atoms with Crippen LogP contribution >= 0.6 is 0 Å². The zero-order chi connectivity index (χ0) is 13.4. The summed E-state index contributed by atoms with van der Waals surface area (Å²) in [5.74, 6) is 2.65. The Morgan fingerprint density at radius 3 is 2.56 bits per heavy atom. The average molecular weight is 253 g/mol. The predicted octanol–water partition coefficient (Wildman–Crippen LogP) is 3.73. The maximum atomic E-state index is 5.67. The molecule has 0 aliphatic rings. The lowest BCUT2D eigenvalue weighted by molar-refractivity contribution is 0.0997. The van der Waals surface area contributed by atoms with Gasteiger partial charge in [-0.05, 0) is 30.9 Å². The van der Waals surface area contributed by atoms with Crippen LogP contribution in [0.4, 0.5) is 0 Å². The first-order chi connectivity index (χ1) is 8.58. The summed E-state index contributed by atoms with van der Waals surface area (Å²) in [4.78, 5) is 0. The first-order valence-electron chi connectivity index (χ1n) is 6.96. The van der Waals surface area contributed by atoms with Crippen molar-refractivity contribution in [1.29, 1.82) is 0 Å². The van der Waals surface area contributed by atoms with E-state index in [-0.39, 0.29) is 0 Å². The van der Waals surface area contributed by atoms with Crippen LogP contribution in [-0.2, 0) is 17.9 Å². The van der Waals surface area contributed by atoms with Crippen LogP contribution in [0.1, 0.15) is 52.1 Å². The highest BCUT2D eigenvalue weighted by Gasteiger charge is 2.03. The molecule has 3 nitrogen and oxygen atoms in total. The summed E-state index contributed by atoms with van der Waals surface area (Å²) in [6.45, 7) is 10.9. The van der Waals surface area contributed by atoms with Gasteiger partial charge < -0.3 is 14.5 Å². The van der Waals surface area contributed by atoms with E-state index >= 15 is 0 Å². The zero-order valence-electron chi connectivity index (χ0n) is 12.2. The summed E-state index contributed by atoms with van der Waals surface area (Å²) in [5.41, 5.74) is 0. The summed E-state index contributed by atoms with van der Waals surface area (Å²) in [6.07, 6.45) is 2.35. The highest BCUT2D eigenvalue weighted by atomic mass is 16.5. The van der Waals surface area contributed by atoms with Crippen molar-refractivity contribution in [2.24, 2.45) is 5.92 Å². The van der Waals surface area contributed by atoms with E-state index in [2.05, 4.69) is 33.0 Å². The SMILES string of the molecule is CC(C)CCCOCc1ccc(CNC(C)C)o1. The molecule has 0 atom stereocenters. The topological polar surface area (TPSA) is 34.4 Å². The monoisotopic (exact) mass is 253 g/mol. The third-order valence-corrected chi connectivity index (χ3v) is 2.72. The first kappa shape index (κ1) is 15.3. The van der Waals surface area contributed by atoms with Crippen LogP contribution in [0.5, 0.6) is 0 Å². The van der Waals surface area contributed by atoms with Crippen LogP contribution in [0.25, 0.3) is 0 Å². The van der Waals surface area contributed by atoms with Gasteiger partial charge in [-0.25, -0.2) is 0 Å². The molecule has 0 unspecified atom stereocenters. The van der Waals surface area contributed by atoms with E-state index in [4.69, 9.17) is 9.15 Å². The lowest BCUT2D eigenvalue weighted by Crippen LogP contribution is -2.21. The summed E-state index contributed by atoms with van der Waals surface area (Å²) in [7, 11) is 0. The van der Waals surface area contributed by atoms with Gasteiger partial charge in [0, 0.05) is 12.6 Å². The molecule has 18 heavy (non-hydrogen) atoms. The summed E-state index contributed by atoms with van der Waals surface area (Å²) >= 11 is 0. The second-order valence-electron chi connectivity index (χ2n) is 5.49. The largest absolute Gasteiger partial charge is 0.462 e. The number of hydrogen-bond donors (Lipinski definition) is 1. The van der Waals surface area contributed by atoms with Crippen molar-refractivity contribution in [2.45, 2.75) is 59.7 Å². The molecule has 0 aromatic carbocycles. The fourth-order valence-electron chi connectivity index (χ4n) is 1.67. The minimum Gasteiger partial charge on any atom is -0.462 e. The molecular formula is C15H27NO2. The van der Waals surface area contributed by atoms with Crippen LogP contribution in [0.2, 0.25) is 0 Å². The second-order valence-corrected chi connectivity index (χ2v) is 5.49. The van der Waals surface area contributed by atoms with Gasteiger partial charge in [-0.1, -0.05) is 27.7 Å². The molecule has 0 saturated heterocycles. The second kappa shape index (κ2) is 8.33. The van der Waals surface area contributed by atoms with Gasteiger partial charge in [0.25, 0.3) is 0 Å². The number of furan rings is 1. The average Bonchev–Trinajstić information content (AvgIpc) is 2.73. The molecule has 1 rings (SSSR count). The van der Waals surface area contributed by atoms with E-state index in [1.54, 1.807) is 0 Å². The zero-order valence-corrected chi connectivity index (χ0v) is 12.2. The van der Waals surface area contributed by atoms with Crippen LogP contribution < -0.4 is 5.32 Å². The van der Waals surface area contributed by atoms with Crippen LogP contribution in [0.15, 0.2) is 16.5 Å². The molecule has 0 bridgehead atoms. The molecule has 0 radical (unpaired) electrons. The highest BCUT2D eigenvalue weighted by Crippen LogP contribution is 2.10. The molecule has 1 N–H and O–H groups in total. The number of nitrogens with one attached hydrogen (secondary N) is 1. The Balaban J connectivity index is 2.15. The van der Waals surface area contributed by atoms with Crippen LogP contribution in [0, 0.1) is 5.92 Å². The Morgan fingerprint density at radius 2 is 1.89 bits per heavy atom. The normalized spacial score (nSPS) is 11.7. The lowest BCUT2D eigenvalue weighted by Gasteiger charge is -2.06. The highest BCUT2D eigenvalue weighted by molar-refractivity contribution is 5.06. The molecule has 1 aromatic heterocycles. The van der Waals surface area contributed by atoms with E-state index in [1.165, 1.54) is 6.42 Å². The Kier molecular flexibility index (Phi) is 7.06. The third kappa shape index (κ3) is 6.82. The van der Waals surface area contributed by atoms with Gasteiger partial charge in [0.15, 0.2) is 0 Å². The first-order valence-corrected chi connectivity index (χ1v) is 6.96. The van der Waals surface area contributed by atoms with Gasteiger partial charge in [0.05, 0.1) is 6.54 Å². The minimum absolute atomic E-state index is 0.478. The van der Waals surface area contributed by atoms with Crippen molar-refractivity contribution in [3.8, 4) is 0 Å². The molecule has 1 aromatic rings. The Labute approximate surface area is 111 Å². The maximum absolute atomic E-state index is 5.67. The van der Waals surface area contributed by atoms with Gasteiger partial charge in [-0.2, -0.15) is 0 Å². The van der Waals surface area contributed by atoms with E-state index in [1.807, 2.05) is 12.1 Å². The molecule has 0 aliphatic heterocycles. The van der Waals surface area contributed by atoms with E-state index in [0.717, 1.165) is 37.0 Å². The molecule has 3 heteroatoms. The molecule has 0 aliphatic carbocycles. The summed E-state index contributed by atoms with van der Waals surface area (Å²) < 4.78 is 11.3. The van der Waals surface area contributed by atoms with Gasteiger partial charge >= 0.3 is 0 Å². The number of hydrogen-bond acceptors (Lipinski definition) is 3. The van der Waals surface area contributed by atoms with Gasteiger partial charge in [-0.3, -0.25) is 0 Å². The van der Waals surface area contributed by atoms with E-state index < -0.39 is 0 Å². The van der Waals surface area contributed by atoms with E-state index in [9.17, 15) is 0 Å². The lowest BCUT2D eigenvalue weighted by atomic mass is 10.1. The fraction of sp³-hybridized carbons (Fsp3) is 0.733. The van der Waals surface area contributed by atoms with Gasteiger partial charge in [-0.15, -0.1) is 0 Å². The Morgan fingerprint density at radius 1 is 1.17 bits per heavy atom. The van der Waals surface area contributed by atoms with Crippen molar-refractivity contribution < 1.29 is 9.15 Å². The van der Waals surface area contributed by atoms with Crippen LogP contribution in [-0.4, -0.2) is 12.6 Å². The van der Waals surface area contributed by atoms with E-state index in [0.29, 0.717) is 12.6 Å². The molecule has 0 amide bonds. The minimum atomic E-state index is 0.478. The van der Waals surface area contributed by atoms with Gasteiger partial charge in [0.2, 0.25) is 0 Å². The quantitative estimate of drug-likeness (QED) is 0.681. The molecule has 0 fully saturated rings. The maximum Gasteiger partial charge on any atom is 0.129 e. The van der Waals surface area contributed by atoms with Crippen molar-refractivity contribution in [1.82, 2.24) is 5.32 Å². The predicted molar refractivity (Wildman–Crippen MR) is 74.4 cm³/mol. The summed E-state index contributed by atoms with van der Waals surface area (Å²) in [6, 6.07) is 4.49. The fourth-order valence-corrected chi connectivity index (χ4v) is 1.67. The van der Waals surface area contributed by atoms with Gasteiger partial charge in [0.1, 0.15) is 18.1 Å². The Bertz CT molecular complexity index is 318. The van der Waals surface area contributed by atoms with Crippen molar-refractivity contribution in [2.75, 3.05) is 6.61 Å². The van der Waals surface area contributed by atoms with Crippen LogP contribution in [0.3, 0.4) is 0 Å². The molecule has 104 valence electrons. The third-order valence-electron chi connectivity index (χ3n) is 2.72. The molecular weight excluding hydrogens is 226 g/mol. The van der Waals surface area contributed by atoms with Crippen molar-refractivity contribution in [3.05, 3.63) is 23.7 Å². The summed E-state index contributed by atoms with van der Waals surface area (Å²) in [5, 5.41) is 3.33. The number of ether oxygens (including phenoxy) is 1. The Hall–Kier alpha value is -0.800. The molecule has 0 spiro atoms.